The molecule has 118 valence electrons. The summed E-state index contributed by atoms with van der Waals surface area (Å²) >= 11 is 0. The van der Waals surface area contributed by atoms with E-state index in [-0.39, 0.29) is 6.09 Å². The van der Waals surface area contributed by atoms with Crippen LogP contribution in [0.2, 0.25) is 0 Å². The van der Waals surface area contributed by atoms with Crippen LogP contribution in [0.1, 0.15) is 45.1 Å². The van der Waals surface area contributed by atoms with Gasteiger partial charge in [0.05, 0.1) is 11.2 Å². The predicted octanol–water partition coefficient (Wildman–Crippen LogP) is 1.91. The Labute approximate surface area is 126 Å². The zero-order chi connectivity index (χ0) is 15.8. The molecule has 6 nitrogen and oxygen atoms in total. The third-order valence-electron chi connectivity index (χ3n) is 3.93. The van der Waals surface area contributed by atoms with Crippen molar-refractivity contribution in [3.8, 4) is 0 Å². The zero-order valence-corrected chi connectivity index (χ0v) is 13.6. The van der Waals surface area contributed by atoms with Crippen molar-refractivity contribution in [1.82, 2.24) is 14.5 Å². The number of carbonyl (C=O) groups excluding carboxylic acids is 1. The van der Waals surface area contributed by atoms with Crippen molar-refractivity contribution in [1.29, 1.82) is 0 Å². The van der Waals surface area contributed by atoms with Crippen LogP contribution in [0.4, 0.5) is 4.79 Å². The van der Waals surface area contributed by atoms with Crippen LogP contribution in [0.3, 0.4) is 0 Å². The van der Waals surface area contributed by atoms with E-state index in [2.05, 4.69) is 4.98 Å². The first-order valence-electron chi connectivity index (χ1n) is 7.38. The topological polar surface area (TPSA) is 73.4 Å². The molecule has 2 rings (SSSR count). The van der Waals surface area contributed by atoms with E-state index >= 15 is 0 Å². The SMILES string of the molecule is Cc1nc(C2(N)CCN(C(=O)OC(C)(C)C)CC2)cn1C. The lowest BCUT2D eigenvalue weighted by Gasteiger charge is -2.38. The number of hydrogen-bond donors (Lipinski definition) is 1. The van der Waals surface area contributed by atoms with Gasteiger partial charge in [0.25, 0.3) is 0 Å². The number of hydrogen-bond acceptors (Lipinski definition) is 4. The number of amides is 1. The van der Waals surface area contributed by atoms with Gasteiger partial charge in [0.2, 0.25) is 0 Å². The Morgan fingerprint density at radius 1 is 1.38 bits per heavy atom. The molecule has 1 aliphatic heterocycles. The van der Waals surface area contributed by atoms with Crippen molar-refractivity contribution in [2.24, 2.45) is 12.8 Å². The summed E-state index contributed by atoms with van der Waals surface area (Å²) in [6.45, 7) is 8.78. The molecule has 2 heterocycles. The number of carbonyl (C=O) groups is 1. The first-order chi connectivity index (χ1) is 9.61. The molecule has 0 spiro atoms. The number of nitrogens with two attached hydrogens (primary N) is 1. The van der Waals surface area contributed by atoms with Crippen molar-refractivity contribution in [3.63, 3.8) is 0 Å². The van der Waals surface area contributed by atoms with Crippen LogP contribution >= 0.6 is 0 Å². The molecule has 0 bridgehead atoms. The number of rotatable bonds is 1. The lowest BCUT2D eigenvalue weighted by molar-refractivity contribution is 0.0164. The van der Waals surface area contributed by atoms with Gasteiger partial charge in [0.15, 0.2) is 0 Å². The summed E-state index contributed by atoms with van der Waals surface area (Å²) in [7, 11) is 1.96. The van der Waals surface area contributed by atoms with Crippen molar-refractivity contribution >= 4 is 6.09 Å². The average Bonchev–Trinajstić information content (AvgIpc) is 2.69. The minimum absolute atomic E-state index is 0.262. The highest BCUT2D eigenvalue weighted by Gasteiger charge is 2.37. The highest BCUT2D eigenvalue weighted by atomic mass is 16.6. The second kappa shape index (κ2) is 5.33. The first kappa shape index (κ1) is 15.8. The fraction of sp³-hybridized carbons (Fsp3) is 0.733. The van der Waals surface area contributed by atoms with Crippen molar-refractivity contribution in [2.45, 2.75) is 51.7 Å². The van der Waals surface area contributed by atoms with E-state index in [0.717, 1.165) is 11.5 Å². The molecule has 0 radical (unpaired) electrons. The lowest BCUT2D eigenvalue weighted by atomic mass is 9.86. The minimum atomic E-state index is -0.466. The number of aryl methyl sites for hydroxylation is 2. The summed E-state index contributed by atoms with van der Waals surface area (Å²) in [6, 6.07) is 0. The van der Waals surface area contributed by atoms with E-state index in [1.54, 1.807) is 4.90 Å². The van der Waals surface area contributed by atoms with Crippen LogP contribution in [0.25, 0.3) is 0 Å². The quantitative estimate of drug-likeness (QED) is 0.858. The first-order valence-corrected chi connectivity index (χ1v) is 7.38. The number of aromatic nitrogens is 2. The van der Waals surface area contributed by atoms with Crippen LogP contribution in [0.15, 0.2) is 6.20 Å². The maximum Gasteiger partial charge on any atom is 0.410 e. The zero-order valence-electron chi connectivity index (χ0n) is 13.6. The normalized spacial score (nSPS) is 18.7. The van der Waals surface area contributed by atoms with Crippen LogP contribution in [-0.4, -0.2) is 39.2 Å². The monoisotopic (exact) mass is 294 g/mol. The molecule has 1 fully saturated rings. The van der Waals surface area contributed by atoms with Gasteiger partial charge < -0.3 is 19.9 Å². The average molecular weight is 294 g/mol. The molecule has 1 aliphatic rings. The summed E-state index contributed by atoms with van der Waals surface area (Å²) in [5.41, 5.74) is 6.49. The molecule has 6 heteroatoms. The van der Waals surface area contributed by atoms with Crippen molar-refractivity contribution in [3.05, 3.63) is 17.7 Å². The van der Waals surface area contributed by atoms with Gasteiger partial charge in [-0.3, -0.25) is 0 Å². The molecule has 1 aromatic heterocycles. The summed E-state index contributed by atoms with van der Waals surface area (Å²) < 4.78 is 7.38. The molecule has 0 atom stereocenters. The Kier molecular flexibility index (Phi) is 4.02. The fourth-order valence-electron chi connectivity index (χ4n) is 2.47. The van der Waals surface area contributed by atoms with Gasteiger partial charge in [-0.25, -0.2) is 9.78 Å². The predicted molar refractivity (Wildman–Crippen MR) is 80.9 cm³/mol. The molecule has 1 aromatic rings. The fourth-order valence-corrected chi connectivity index (χ4v) is 2.47. The van der Waals surface area contributed by atoms with Gasteiger partial charge in [0.1, 0.15) is 11.4 Å². The number of piperidine rings is 1. The van der Waals surface area contributed by atoms with Gasteiger partial charge in [-0.05, 0) is 40.5 Å². The second-order valence-corrected chi connectivity index (χ2v) is 6.91. The molecule has 0 aliphatic carbocycles. The maximum atomic E-state index is 12.1. The molecule has 1 amide bonds. The molecular formula is C15H26N4O2. The van der Waals surface area contributed by atoms with Crippen molar-refractivity contribution in [2.75, 3.05) is 13.1 Å². The Morgan fingerprint density at radius 3 is 2.38 bits per heavy atom. The smallest absolute Gasteiger partial charge is 0.410 e. The summed E-state index contributed by atoms with van der Waals surface area (Å²) in [5.74, 6) is 0.949. The van der Waals surface area contributed by atoms with E-state index < -0.39 is 11.1 Å². The van der Waals surface area contributed by atoms with Crippen LogP contribution in [0, 0.1) is 6.92 Å². The third-order valence-corrected chi connectivity index (χ3v) is 3.93. The van der Waals surface area contributed by atoms with Crippen LogP contribution in [0.5, 0.6) is 0 Å². The number of nitrogens with zero attached hydrogens (tertiary/aromatic N) is 3. The molecule has 0 aromatic carbocycles. The number of likely N-dealkylation sites (tertiary alicyclic amines) is 1. The Morgan fingerprint density at radius 2 is 1.95 bits per heavy atom. The largest absolute Gasteiger partial charge is 0.444 e. The van der Waals surface area contributed by atoms with E-state index in [1.165, 1.54) is 0 Å². The van der Waals surface area contributed by atoms with Gasteiger partial charge >= 0.3 is 6.09 Å². The third kappa shape index (κ3) is 3.56. The van der Waals surface area contributed by atoms with Gasteiger partial charge in [0, 0.05) is 26.3 Å². The summed E-state index contributed by atoms with van der Waals surface area (Å²) in [5, 5.41) is 0. The Balaban J connectivity index is 2.01. The van der Waals surface area contributed by atoms with Crippen molar-refractivity contribution < 1.29 is 9.53 Å². The number of imidazole rings is 1. The van der Waals surface area contributed by atoms with Gasteiger partial charge in [-0.15, -0.1) is 0 Å². The van der Waals surface area contributed by atoms with E-state index in [9.17, 15) is 4.79 Å². The van der Waals surface area contributed by atoms with E-state index in [1.807, 2.05) is 45.5 Å². The van der Waals surface area contributed by atoms with E-state index in [4.69, 9.17) is 10.5 Å². The molecule has 2 N–H and O–H groups in total. The molecule has 1 saturated heterocycles. The highest BCUT2D eigenvalue weighted by molar-refractivity contribution is 5.68. The molecule has 21 heavy (non-hydrogen) atoms. The number of ether oxygens (including phenoxy) is 1. The summed E-state index contributed by atoms with van der Waals surface area (Å²) in [6.07, 6.45) is 3.12. The van der Waals surface area contributed by atoms with Crippen LogP contribution in [-0.2, 0) is 17.3 Å². The maximum absolute atomic E-state index is 12.1. The molecule has 0 saturated carbocycles. The molecule has 0 unspecified atom stereocenters. The van der Waals surface area contributed by atoms with Crippen LogP contribution < -0.4 is 5.73 Å². The minimum Gasteiger partial charge on any atom is -0.444 e. The molecular weight excluding hydrogens is 268 g/mol. The van der Waals surface area contributed by atoms with E-state index in [0.29, 0.717) is 25.9 Å². The highest BCUT2D eigenvalue weighted by Crippen LogP contribution is 2.30. The van der Waals surface area contributed by atoms with Gasteiger partial charge in [-0.1, -0.05) is 0 Å². The Bertz CT molecular complexity index is 503. The Hall–Kier alpha value is -1.56. The summed E-state index contributed by atoms with van der Waals surface area (Å²) in [4.78, 5) is 18.3. The second-order valence-electron chi connectivity index (χ2n) is 6.91. The lowest BCUT2D eigenvalue weighted by Crippen LogP contribution is -2.51. The van der Waals surface area contributed by atoms with Gasteiger partial charge in [-0.2, -0.15) is 0 Å². The standard InChI is InChI=1S/C15H26N4O2/c1-11-17-12(10-18(11)5)15(16)6-8-19(9-7-15)13(20)21-14(2,3)4/h10H,6-9,16H2,1-5H3.